The van der Waals surface area contributed by atoms with Crippen molar-refractivity contribution in [2.45, 2.75) is 70.8 Å². The number of carboxylic acid groups (broad SMARTS) is 1. The SMILES string of the molecule is CCC=CC[C@@H]1OC1=CC=CCCCCCCCC(=O)O. The number of hydrogen-bond donors (Lipinski definition) is 1. The molecule has 0 amide bonds. The predicted molar refractivity (Wildman–Crippen MR) is 86.1 cm³/mol. The molecule has 1 aliphatic rings. The van der Waals surface area contributed by atoms with E-state index < -0.39 is 5.97 Å². The highest BCUT2D eigenvalue weighted by Crippen LogP contribution is 2.30. The largest absolute Gasteiger partial charge is 0.483 e. The van der Waals surface area contributed by atoms with Crippen LogP contribution in [0.15, 0.2) is 36.1 Å². The van der Waals surface area contributed by atoms with Crippen LogP contribution >= 0.6 is 0 Å². The number of carbonyl (C=O) groups is 1. The molecule has 1 heterocycles. The minimum atomic E-state index is -0.684. The van der Waals surface area contributed by atoms with Crippen LogP contribution in [0.25, 0.3) is 0 Å². The van der Waals surface area contributed by atoms with Crippen LogP contribution in [-0.2, 0) is 9.53 Å². The van der Waals surface area contributed by atoms with Gasteiger partial charge >= 0.3 is 5.97 Å². The molecule has 0 bridgehead atoms. The van der Waals surface area contributed by atoms with Crippen LogP contribution in [0.3, 0.4) is 0 Å². The van der Waals surface area contributed by atoms with E-state index in [1.165, 1.54) is 12.8 Å². The summed E-state index contributed by atoms with van der Waals surface area (Å²) in [4.78, 5) is 10.3. The van der Waals surface area contributed by atoms with Gasteiger partial charge in [0.15, 0.2) is 6.10 Å². The first-order valence-corrected chi connectivity index (χ1v) is 8.14. The Hall–Kier alpha value is -1.51. The molecule has 1 atom stereocenters. The van der Waals surface area contributed by atoms with E-state index in [9.17, 15) is 4.79 Å². The molecule has 21 heavy (non-hydrogen) atoms. The average Bonchev–Trinajstić information content (AvgIpc) is 3.19. The highest BCUT2D eigenvalue weighted by molar-refractivity contribution is 5.66. The van der Waals surface area contributed by atoms with Crippen molar-refractivity contribution in [3.8, 4) is 0 Å². The Morgan fingerprint density at radius 2 is 1.90 bits per heavy atom. The summed E-state index contributed by atoms with van der Waals surface area (Å²) in [6.45, 7) is 2.13. The second-order valence-corrected chi connectivity index (χ2v) is 5.42. The zero-order valence-electron chi connectivity index (χ0n) is 13.1. The van der Waals surface area contributed by atoms with Gasteiger partial charge in [0.1, 0.15) is 5.76 Å². The Kier molecular flexibility index (Phi) is 9.34. The predicted octanol–water partition coefficient (Wildman–Crippen LogP) is 5.00. The van der Waals surface area contributed by atoms with Crippen LogP contribution < -0.4 is 0 Å². The first-order chi connectivity index (χ1) is 10.2. The summed E-state index contributed by atoms with van der Waals surface area (Å²) in [5, 5.41) is 8.51. The van der Waals surface area contributed by atoms with Crippen molar-refractivity contribution in [2.24, 2.45) is 0 Å². The minimum absolute atomic E-state index is 0.308. The van der Waals surface area contributed by atoms with E-state index in [-0.39, 0.29) is 0 Å². The summed E-state index contributed by atoms with van der Waals surface area (Å²) in [7, 11) is 0. The van der Waals surface area contributed by atoms with Crippen molar-refractivity contribution in [1.29, 1.82) is 0 Å². The second-order valence-electron chi connectivity index (χ2n) is 5.42. The molecule has 0 aromatic carbocycles. The van der Waals surface area contributed by atoms with Gasteiger partial charge in [-0.1, -0.05) is 50.5 Å². The molecule has 0 spiro atoms. The summed E-state index contributed by atoms with van der Waals surface area (Å²) >= 11 is 0. The maximum absolute atomic E-state index is 10.3. The number of rotatable bonds is 12. The number of ether oxygens (including phenoxy) is 1. The minimum Gasteiger partial charge on any atom is -0.483 e. The lowest BCUT2D eigenvalue weighted by Crippen LogP contribution is -1.93. The van der Waals surface area contributed by atoms with Crippen LogP contribution in [0.4, 0.5) is 0 Å². The lowest BCUT2D eigenvalue weighted by Gasteiger charge is -1.97. The van der Waals surface area contributed by atoms with Crippen LogP contribution in [-0.4, -0.2) is 17.2 Å². The van der Waals surface area contributed by atoms with Crippen molar-refractivity contribution >= 4 is 5.97 Å². The molecule has 0 saturated carbocycles. The van der Waals surface area contributed by atoms with Crippen molar-refractivity contribution < 1.29 is 14.6 Å². The molecule has 3 nitrogen and oxygen atoms in total. The molecule has 1 fully saturated rings. The molecule has 3 heteroatoms. The van der Waals surface area contributed by atoms with E-state index in [2.05, 4.69) is 37.3 Å². The van der Waals surface area contributed by atoms with Crippen molar-refractivity contribution in [2.75, 3.05) is 0 Å². The van der Waals surface area contributed by atoms with E-state index >= 15 is 0 Å². The van der Waals surface area contributed by atoms with Gasteiger partial charge in [0, 0.05) is 12.8 Å². The first kappa shape index (κ1) is 17.5. The monoisotopic (exact) mass is 292 g/mol. The molecular weight excluding hydrogens is 264 g/mol. The number of carboxylic acids is 1. The standard InChI is InChI=1S/C18H28O3/c1-2-3-10-13-16-17(21-16)14-11-8-6-4-5-7-9-12-15-18(19)20/h3,8,10-11,14,16H,2,4-7,9,12-13,15H2,1H3,(H,19,20)/t16-/m0/s1. The zero-order chi connectivity index (χ0) is 15.3. The molecule has 0 aromatic rings. The third-order valence-electron chi connectivity index (χ3n) is 3.45. The fourth-order valence-corrected chi connectivity index (χ4v) is 2.16. The molecular formula is C18H28O3. The van der Waals surface area contributed by atoms with Gasteiger partial charge < -0.3 is 9.84 Å². The van der Waals surface area contributed by atoms with Crippen molar-refractivity contribution in [3.63, 3.8) is 0 Å². The van der Waals surface area contributed by atoms with Gasteiger partial charge in [-0.2, -0.15) is 0 Å². The average molecular weight is 292 g/mol. The molecule has 1 rings (SSSR count). The third kappa shape index (κ3) is 9.94. The van der Waals surface area contributed by atoms with Crippen molar-refractivity contribution in [3.05, 3.63) is 36.1 Å². The Labute approximate surface area is 128 Å². The summed E-state index contributed by atoms with van der Waals surface area (Å²) in [6.07, 6.45) is 19.8. The number of hydrogen-bond acceptors (Lipinski definition) is 2. The first-order valence-electron chi connectivity index (χ1n) is 8.14. The van der Waals surface area contributed by atoms with Gasteiger partial charge in [0.05, 0.1) is 0 Å². The summed E-state index contributed by atoms with van der Waals surface area (Å²) < 4.78 is 5.47. The highest BCUT2D eigenvalue weighted by atomic mass is 16.6. The fraction of sp³-hybridized carbons (Fsp3) is 0.611. The number of unbranched alkanes of at least 4 members (excludes halogenated alkanes) is 5. The summed E-state index contributed by atoms with van der Waals surface area (Å²) in [6, 6.07) is 0. The second kappa shape index (κ2) is 11.2. The number of aliphatic carboxylic acids is 1. The summed E-state index contributed by atoms with van der Waals surface area (Å²) in [5.74, 6) is 0.414. The van der Waals surface area contributed by atoms with E-state index in [1.807, 2.05) is 0 Å². The topological polar surface area (TPSA) is 49.8 Å². The van der Waals surface area contributed by atoms with Gasteiger partial charge in [0.25, 0.3) is 0 Å². The van der Waals surface area contributed by atoms with E-state index in [1.54, 1.807) is 0 Å². The van der Waals surface area contributed by atoms with Gasteiger partial charge in [0.2, 0.25) is 0 Å². The number of allylic oxidation sites excluding steroid dienone is 4. The molecule has 1 N–H and O–H groups in total. The molecule has 118 valence electrons. The highest BCUT2D eigenvalue weighted by Gasteiger charge is 2.29. The van der Waals surface area contributed by atoms with Gasteiger partial charge in [-0.05, 0) is 31.8 Å². The van der Waals surface area contributed by atoms with Crippen LogP contribution in [0.1, 0.15) is 64.7 Å². The lowest BCUT2D eigenvalue weighted by molar-refractivity contribution is -0.137. The Morgan fingerprint density at radius 1 is 1.14 bits per heavy atom. The summed E-state index contributed by atoms with van der Waals surface area (Å²) in [5.41, 5.74) is 0. The Bertz CT molecular complexity index is 380. The van der Waals surface area contributed by atoms with Gasteiger partial charge in [-0.25, -0.2) is 0 Å². The molecule has 0 aromatic heterocycles. The molecule has 1 aliphatic heterocycles. The molecule has 0 unspecified atom stereocenters. The van der Waals surface area contributed by atoms with Gasteiger partial charge in [-0.3, -0.25) is 4.79 Å². The number of epoxide rings is 1. The smallest absolute Gasteiger partial charge is 0.303 e. The molecule has 1 saturated heterocycles. The van der Waals surface area contributed by atoms with E-state index in [0.29, 0.717) is 12.5 Å². The fourth-order valence-electron chi connectivity index (χ4n) is 2.16. The Balaban J connectivity index is 1.92. The quantitative estimate of drug-likeness (QED) is 0.313. The Morgan fingerprint density at radius 3 is 2.67 bits per heavy atom. The van der Waals surface area contributed by atoms with Crippen molar-refractivity contribution in [1.82, 2.24) is 0 Å². The van der Waals surface area contributed by atoms with Crippen LogP contribution in [0.2, 0.25) is 0 Å². The van der Waals surface area contributed by atoms with E-state index in [4.69, 9.17) is 9.84 Å². The normalized spacial score (nSPS) is 19.5. The zero-order valence-corrected chi connectivity index (χ0v) is 13.1. The van der Waals surface area contributed by atoms with Gasteiger partial charge in [-0.15, -0.1) is 0 Å². The van der Waals surface area contributed by atoms with Crippen LogP contribution in [0.5, 0.6) is 0 Å². The molecule has 0 radical (unpaired) electrons. The maximum atomic E-state index is 10.3. The molecule has 0 aliphatic carbocycles. The maximum Gasteiger partial charge on any atom is 0.303 e. The lowest BCUT2D eigenvalue weighted by atomic mass is 10.1. The third-order valence-corrected chi connectivity index (χ3v) is 3.45. The van der Waals surface area contributed by atoms with Crippen LogP contribution in [0, 0.1) is 0 Å². The van der Waals surface area contributed by atoms with E-state index in [0.717, 1.165) is 44.3 Å².